The van der Waals surface area contributed by atoms with Crippen LogP contribution in [0.15, 0.2) is 0 Å². The van der Waals surface area contributed by atoms with Crippen molar-refractivity contribution in [3.63, 3.8) is 0 Å². The molecule has 1 heterocycles. The van der Waals surface area contributed by atoms with E-state index in [2.05, 4.69) is 31.0 Å². The molecule has 0 aromatic carbocycles. The first-order valence-electron chi connectivity index (χ1n) is 7.67. The van der Waals surface area contributed by atoms with Crippen LogP contribution in [-0.4, -0.2) is 36.0 Å². The predicted molar refractivity (Wildman–Crippen MR) is 74.4 cm³/mol. The monoisotopic (exact) mass is 252 g/mol. The van der Waals surface area contributed by atoms with Crippen molar-refractivity contribution in [2.45, 2.75) is 65.0 Å². The molecule has 1 saturated heterocycles. The van der Waals surface area contributed by atoms with Gasteiger partial charge in [0, 0.05) is 12.6 Å². The molecule has 0 radical (unpaired) electrons. The lowest BCUT2D eigenvalue weighted by atomic mass is 9.78. The lowest BCUT2D eigenvalue weighted by Gasteiger charge is -2.37. The summed E-state index contributed by atoms with van der Waals surface area (Å²) in [6.07, 6.45) is 5.79. The van der Waals surface area contributed by atoms with Crippen molar-refractivity contribution in [2.24, 2.45) is 11.8 Å². The van der Waals surface area contributed by atoms with Crippen molar-refractivity contribution in [1.82, 2.24) is 10.2 Å². The van der Waals surface area contributed by atoms with E-state index in [0.717, 1.165) is 37.8 Å². The van der Waals surface area contributed by atoms with E-state index in [1.165, 1.54) is 19.3 Å². The smallest absolute Gasteiger partial charge is 0.240 e. The average molecular weight is 252 g/mol. The molecule has 1 N–H and O–H groups in total. The maximum atomic E-state index is 12.4. The van der Waals surface area contributed by atoms with Crippen LogP contribution in [-0.2, 0) is 4.79 Å². The minimum absolute atomic E-state index is 0.0969. The number of hydrogen-bond donors (Lipinski definition) is 1. The molecule has 0 aromatic rings. The quantitative estimate of drug-likeness (QED) is 0.833. The molecule has 0 spiro atoms. The second-order valence-corrected chi connectivity index (χ2v) is 6.25. The van der Waals surface area contributed by atoms with Crippen molar-refractivity contribution in [1.29, 1.82) is 0 Å². The Labute approximate surface area is 111 Å². The highest BCUT2D eigenvalue weighted by molar-refractivity contribution is 5.84. The molecule has 1 amide bonds. The Morgan fingerprint density at radius 2 is 2.00 bits per heavy atom. The van der Waals surface area contributed by atoms with Gasteiger partial charge in [0.15, 0.2) is 0 Å². The van der Waals surface area contributed by atoms with Crippen molar-refractivity contribution >= 4 is 5.91 Å². The number of nitrogens with one attached hydrogen (secondary N) is 1. The zero-order valence-electron chi connectivity index (χ0n) is 12.1. The Morgan fingerprint density at radius 1 is 1.22 bits per heavy atom. The lowest BCUT2D eigenvalue weighted by Crippen LogP contribution is -2.45. The summed E-state index contributed by atoms with van der Waals surface area (Å²) in [6.45, 7) is 8.76. The fourth-order valence-electron chi connectivity index (χ4n) is 3.37. The summed E-state index contributed by atoms with van der Waals surface area (Å²) < 4.78 is 0. The minimum Gasteiger partial charge on any atom is -0.338 e. The predicted octanol–water partition coefficient (Wildman–Crippen LogP) is 2.41. The Bertz CT molecular complexity index is 292. The van der Waals surface area contributed by atoms with Gasteiger partial charge in [0.2, 0.25) is 5.91 Å². The number of carbonyl (C=O) groups is 1. The molecule has 104 valence electrons. The first kappa shape index (κ1) is 13.9. The summed E-state index contributed by atoms with van der Waals surface area (Å²) in [5.74, 6) is 1.95. The topological polar surface area (TPSA) is 32.3 Å². The van der Waals surface area contributed by atoms with Gasteiger partial charge in [-0.25, -0.2) is 0 Å². The maximum Gasteiger partial charge on any atom is 0.240 e. The highest BCUT2D eigenvalue weighted by Crippen LogP contribution is 2.33. The van der Waals surface area contributed by atoms with Crippen LogP contribution >= 0.6 is 0 Å². The van der Waals surface area contributed by atoms with Gasteiger partial charge < -0.3 is 10.2 Å². The number of rotatable bonds is 4. The van der Waals surface area contributed by atoms with Crippen molar-refractivity contribution in [2.75, 3.05) is 13.1 Å². The standard InChI is InChI=1S/C15H28N2O/c1-4-8-16-14-7-9-17(15(14)18)13-6-5-11(2)12(3)10-13/h11-14,16H,4-10H2,1-3H3. The summed E-state index contributed by atoms with van der Waals surface area (Å²) in [7, 11) is 0. The number of nitrogens with zero attached hydrogens (tertiary/aromatic N) is 1. The number of carbonyl (C=O) groups excluding carboxylic acids is 1. The van der Waals surface area contributed by atoms with E-state index in [0.29, 0.717) is 11.9 Å². The van der Waals surface area contributed by atoms with Gasteiger partial charge in [-0.2, -0.15) is 0 Å². The van der Waals surface area contributed by atoms with E-state index >= 15 is 0 Å². The van der Waals surface area contributed by atoms with Gasteiger partial charge in [-0.3, -0.25) is 4.79 Å². The molecule has 1 aliphatic carbocycles. The number of likely N-dealkylation sites (tertiary alicyclic amines) is 1. The second kappa shape index (κ2) is 6.05. The maximum absolute atomic E-state index is 12.4. The van der Waals surface area contributed by atoms with Gasteiger partial charge >= 0.3 is 0 Å². The van der Waals surface area contributed by atoms with Crippen LogP contribution in [0.25, 0.3) is 0 Å². The molecule has 4 unspecified atom stereocenters. The molecule has 18 heavy (non-hydrogen) atoms. The van der Waals surface area contributed by atoms with E-state index < -0.39 is 0 Å². The minimum atomic E-state index is 0.0969. The normalized spacial score (nSPS) is 37.3. The molecular weight excluding hydrogens is 224 g/mol. The van der Waals surface area contributed by atoms with Crippen molar-refractivity contribution in [3.05, 3.63) is 0 Å². The van der Waals surface area contributed by atoms with E-state index in [-0.39, 0.29) is 6.04 Å². The van der Waals surface area contributed by atoms with Crippen molar-refractivity contribution in [3.8, 4) is 0 Å². The van der Waals surface area contributed by atoms with Crippen LogP contribution in [0.4, 0.5) is 0 Å². The Morgan fingerprint density at radius 3 is 2.67 bits per heavy atom. The number of amides is 1. The summed E-state index contributed by atoms with van der Waals surface area (Å²) >= 11 is 0. The van der Waals surface area contributed by atoms with Crippen LogP contribution in [0, 0.1) is 11.8 Å². The second-order valence-electron chi connectivity index (χ2n) is 6.25. The van der Waals surface area contributed by atoms with Crippen LogP contribution in [0.2, 0.25) is 0 Å². The third kappa shape index (κ3) is 2.87. The van der Waals surface area contributed by atoms with Gasteiger partial charge in [0.1, 0.15) is 0 Å². The summed E-state index contributed by atoms with van der Waals surface area (Å²) in [5, 5.41) is 3.38. The molecular formula is C15H28N2O. The molecule has 3 nitrogen and oxygen atoms in total. The summed E-state index contributed by atoms with van der Waals surface area (Å²) in [5.41, 5.74) is 0. The van der Waals surface area contributed by atoms with Gasteiger partial charge in [0.25, 0.3) is 0 Å². The van der Waals surface area contributed by atoms with Gasteiger partial charge in [-0.05, 0) is 50.5 Å². The summed E-state index contributed by atoms with van der Waals surface area (Å²) in [6, 6.07) is 0.608. The van der Waals surface area contributed by atoms with Gasteiger partial charge in [-0.1, -0.05) is 20.8 Å². The first-order chi connectivity index (χ1) is 8.63. The fraction of sp³-hybridized carbons (Fsp3) is 0.933. The van der Waals surface area contributed by atoms with Crippen molar-refractivity contribution < 1.29 is 4.79 Å². The molecule has 1 aliphatic heterocycles. The van der Waals surface area contributed by atoms with Crippen LogP contribution in [0.1, 0.15) is 52.9 Å². The lowest BCUT2D eigenvalue weighted by molar-refractivity contribution is -0.132. The van der Waals surface area contributed by atoms with E-state index in [9.17, 15) is 4.79 Å². The Hall–Kier alpha value is -0.570. The zero-order valence-corrected chi connectivity index (χ0v) is 12.1. The van der Waals surface area contributed by atoms with Crippen LogP contribution < -0.4 is 5.32 Å². The van der Waals surface area contributed by atoms with Gasteiger partial charge in [-0.15, -0.1) is 0 Å². The highest BCUT2D eigenvalue weighted by Gasteiger charge is 2.37. The molecule has 2 rings (SSSR count). The number of hydrogen-bond acceptors (Lipinski definition) is 2. The SMILES string of the molecule is CCCNC1CCN(C2CCC(C)C(C)C2)C1=O. The van der Waals surface area contributed by atoms with Crippen LogP contribution in [0.3, 0.4) is 0 Å². The van der Waals surface area contributed by atoms with E-state index in [1.54, 1.807) is 0 Å². The molecule has 1 saturated carbocycles. The van der Waals surface area contributed by atoms with E-state index in [1.807, 2.05) is 0 Å². The molecule has 0 bridgehead atoms. The molecule has 2 fully saturated rings. The third-order valence-electron chi connectivity index (χ3n) is 4.89. The van der Waals surface area contributed by atoms with E-state index in [4.69, 9.17) is 0 Å². The molecule has 3 heteroatoms. The molecule has 0 aromatic heterocycles. The Kier molecular flexibility index (Phi) is 4.66. The van der Waals surface area contributed by atoms with Gasteiger partial charge in [0.05, 0.1) is 6.04 Å². The van der Waals surface area contributed by atoms with Crippen LogP contribution in [0.5, 0.6) is 0 Å². The largest absolute Gasteiger partial charge is 0.338 e. The zero-order chi connectivity index (χ0) is 13.1. The summed E-state index contributed by atoms with van der Waals surface area (Å²) in [4.78, 5) is 14.5. The fourth-order valence-corrected chi connectivity index (χ4v) is 3.37. The highest BCUT2D eigenvalue weighted by atomic mass is 16.2. The Balaban J connectivity index is 1.89. The molecule has 2 aliphatic rings. The molecule has 4 atom stereocenters. The average Bonchev–Trinajstić information content (AvgIpc) is 2.72. The first-order valence-corrected chi connectivity index (χ1v) is 7.67. The third-order valence-corrected chi connectivity index (χ3v) is 4.89.